The predicted octanol–water partition coefficient (Wildman–Crippen LogP) is 4.20. The minimum atomic E-state index is 0.183. The van der Waals surface area contributed by atoms with Crippen molar-refractivity contribution in [2.75, 3.05) is 18.5 Å². The lowest BCUT2D eigenvalue weighted by Gasteiger charge is -2.31. The summed E-state index contributed by atoms with van der Waals surface area (Å²) in [4.78, 5) is 2.26. The molecule has 20 heavy (non-hydrogen) atoms. The van der Waals surface area contributed by atoms with Gasteiger partial charge in [0.15, 0.2) is 0 Å². The molecule has 2 N–H and O–H groups in total. The van der Waals surface area contributed by atoms with Crippen LogP contribution >= 0.6 is 15.9 Å². The van der Waals surface area contributed by atoms with Crippen molar-refractivity contribution in [2.45, 2.75) is 19.9 Å². The fourth-order valence-electron chi connectivity index (χ4n) is 2.52. The standard InChI is InChI=1S/C17H21BrN2/c1-12-6-4-5-7-16(12)20(3)17(11-19)14-8-9-15(18)13(2)10-14/h4-10,17H,11,19H2,1-3H3. The van der Waals surface area contributed by atoms with E-state index >= 15 is 0 Å². The summed E-state index contributed by atoms with van der Waals surface area (Å²) in [7, 11) is 2.11. The third-order valence-electron chi connectivity index (χ3n) is 3.75. The van der Waals surface area contributed by atoms with Crippen molar-refractivity contribution in [2.24, 2.45) is 5.73 Å². The predicted molar refractivity (Wildman–Crippen MR) is 90.3 cm³/mol. The maximum Gasteiger partial charge on any atom is 0.0661 e. The highest BCUT2D eigenvalue weighted by Gasteiger charge is 2.17. The number of aryl methyl sites for hydroxylation is 2. The Labute approximate surface area is 129 Å². The van der Waals surface area contributed by atoms with Gasteiger partial charge in [0.2, 0.25) is 0 Å². The molecule has 2 aromatic rings. The Morgan fingerprint density at radius 2 is 1.80 bits per heavy atom. The highest BCUT2D eigenvalue weighted by Crippen LogP contribution is 2.29. The van der Waals surface area contributed by atoms with E-state index in [0.29, 0.717) is 6.54 Å². The van der Waals surface area contributed by atoms with Crippen molar-refractivity contribution in [3.05, 3.63) is 63.6 Å². The van der Waals surface area contributed by atoms with Crippen molar-refractivity contribution < 1.29 is 0 Å². The summed E-state index contributed by atoms with van der Waals surface area (Å²) in [5.74, 6) is 0. The van der Waals surface area contributed by atoms with Crippen LogP contribution in [0.4, 0.5) is 5.69 Å². The van der Waals surface area contributed by atoms with Crippen LogP contribution in [0.3, 0.4) is 0 Å². The SMILES string of the molecule is Cc1cc(C(CN)N(C)c2ccccc2C)ccc1Br. The molecule has 0 aliphatic heterocycles. The number of hydrogen-bond donors (Lipinski definition) is 1. The molecule has 0 bridgehead atoms. The molecule has 0 saturated heterocycles. The van der Waals surface area contributed by atoms with Gasteiger partial charge in [-0.3, -0.25) is 0 Å². The smallest absolute Gasteiger partial charge is 0.0661 e. The molecule has 0 radical (unpaired) electrons. The molecule has 2 rings (SSSR count). The van der Waals surface area contributed by atoms with Crippen LogP contribution in [0.2, 0.25) is 0 Å². The summed E-state index contributed by atoms with van der Waals surface area (Å²) in [6, 6.07) is 15.0. The van der Waals surface area contributed by atoms with Gasteiger partial charge in [0, 0.05) is 23.8 Å². The van der Waals surface area contributed by atoms with Crippen molar-refractivity contribution in [1.29, 1.82) is 0 Å². The molecule has 2 aromatic carbocycles. The second kappa shape index (κ2) is 6.42. The summed E-state index contributed by atoms with van der Waals surface area (Å²) >= 11 is 3.55. The molecular weight excluding hydrogens is 312 g/mol. The minimum Gasteiger partial charge on any atom is -0.366 e. The first-order valence-electron chi connectivity index (χ1n) is 6.79. The van der Waals surface area contributed by atoms with Crippen molar-refractivity contribution >= 4 is 21.6 Å². The first kappa shape index (κ1) is 15.1. The number of anilines is 1. The average molecular weight is 333 g/mol. The van der Waals surface area contributed by atoms with Gasteiger partial charge >= 0.3 is 0 Å². The number of hydrogen-bond acceptors (Lipinski definition) is 2. The van der Waals surface area contributed by atoms with Crippen molar-refractivity contribution in [3.8, 4) is 0 Å². The summed E-state index contributed by atoms with van der Waals surface area (Å²) in [5.41, 5.74) is 11.0. The fourth-order valence-corrected chi connectivity index (χ4v) is 2.77. The lowest BCUT2D eigenvalue weighted by molar-refractivity contribution is 0.678. The van der Waals surface area contributed by atoms with Crippen molar-refractivity contribution in [1.82, 2.24) is 0 Å². The fraction of sp³-hybridized carbons (Fsp3) is 0.294. The van der Waals surface area contributed by atoms with Gasteiger partial charge in [0.05, 0.1) is 6.04 Å². The van der Waals surface area contributed by atoms with Crippen LogP contribution in [-0.2, 0) is 0 Å². The minimum absolute atomic E-state index is 0.183. The number of likely N-dealkylation sites (N-methyl/N-ethyl adjacent to an activating group) is 1. The van der Waals surface area contributed by atoms with E-state index in [0.717, 1.165) is 4.47 Å². The van der Waals surface area contributed by atoms with Gasteiger partial charge < -0.3 is 10.6 Å². The average Bonchev–Trinajstić information content (AvgIpc) is 2.44. The van der Waals surface area contributed by atoms with E-state index in [4.69, 9.17) is 5.73 Å². The van der Waals surface area contributed by atoms with E-state index < -0.39 is 0 Å². The molecule has 3 heteroatoms. The number of para-hydroxylation sites is 1. The first-order valence-corrected chi connectivity index (χ1v) is 7.58. The van der Waals surface area contributed by atoms with E-state index in [2.05, 4.69) is 84.2 Å². The van der Waals surface area contributed by atoms with Gasteiger partial charge in [-0.1, -0.05) is 46.3 Å². The Hall–Kier alpha value is -1.32. The highest BCUT2D eigenvalue weighted by atomic mass is 79.9. The number of rotatable bonds is 4. The maximum atomic E-state index is 6.03. The second-order valence-corrected chi connectivity index (χ2v) is 6.01. The molecule has 2 nitrogen and oxygen atoms in total. The first-order chi connectivity index (χ1) is 9.54. The van der Waals surface area contributed by atoms with Crippen LogP contribution in [0, 0.1) is 13.8 Å². The number of nitrogens with zero attached hydrogens (tertiary/aromatic N) is 1. The van der Waals surface area contributed by atoms with Crippen LogP contribution in [0.25, 0.3) is 0 Å². The van der Waals surface area contributed by atoms with Gasteiger partial charge in [-0.2, -0.15) is 0 Å². The monoisotopic (exact) mass is 332 g/mol. The Balaban J connectivity index is 2.36. The third kappa shape index (κ3) is 3.05. The molecule has 0 aromatic heterocycles. The summed E-state index contributed by atoms with van der Waals surface area (Å²) in [6.45, 7) is 4.83. The molecule has 1 unspecified atom stereocenters. The van der Waals surface area contributed by atoms with Gasteiger partial charge in [-0.15, -0.1) is 0 Å². The number of halogens is 1. The van der Waals surface area contributed by atoms with E-state index in [1.165, 1.54) is 22.4 Å². The van der Waals surface area contributed by atoms with E-state index in [1.807, 2.05) is 0 Å². The molecule has 0 aliphatic rings. The topological polar surface area (TPSA) is 29.3 Å². The quantitative estimate of drug-likeness (QED) is 0.908. The van der Waals surface area contributed by atoms with Crippen molar-refractivity contribution in [3.63, 3.8) is 0 Å². The second-order valence-electron chi connectivity index (χ2n) is 5.16. The maximum absolute atomic E-state index is 6.03. The molecule has 106 valence electrons. The van der Waals surface area contributed by atoms with Crippen LogP contribution < -0.4 is 10.6 Å². The van der Waals surface area contributed by atoms with Crippen LogP contribution in [0.15, 0.2) is 46.9 Å². The Kier molecular flexibility index (Phi) is 4.84. The summed E-state index contributed by atoms with van der Waals surface area (Å²) < 4.78 is 1.13. The Bertz CT molecular complexity index is 595. The number of nitrogens with two attached hydrogens (primary N) is 1. The molecule has 0 fully saturated rings. The lowest BCUT2D eigenvalue weighted by Crippen LogP contribution is -2.30. The molecular formula is C17H21BrN2. The van der Waals surface area contributed by atoms with E-state index in [1.54, 1.807) is 0 Å². The van der Waals surface area contributed by atoms with E-state index in [-0.39, 0.29) is 6.04 Å². The van der Waals surface area contributed by atoms with Gasteiger partial charge in [-0.05, 0) is 42.7 Å². The normalized spacial score (nSPS) is 12.2. The molecule has 0 saturated carbocycles. The Morgan fingerprint density at radius 1 is 1.10 bits per heavy atom. The van der Waals surface area contributed by atoms with Gasteiger partial charge in [0.25, 0.3) is 0 Å². The summed E-state index contributed by atoms with van der Waals surface area (Å²) in [6.07, 6.45) is 0. The molecule has 0 amide bonds. The molecule has 0 aliphatic carbocycles. The largest absolute Gasteiger partial charge is 0.366 e. The zero-order chi connectivity index (χ0) is 14.7. The van der Waals surface area contributed by atoms with Crippen LogP contribution in [0.5, 0.6) is 0 Å². The van der Waals surface area contributed by atoms with E-state index in [9.17, 15) is 0 Å². The molecule has 0 spiro atoms. The molecule has 1 atom stereocenters. The molecule has 0 heterocycles. The van der Waals surface area contributed by atoms with Crippen LogP contribution in [-0.4, -0.2) is 13.6 Å². The zero-order valence-electron chi connectivity index (χ0n) is 12.2. The lowest BCUT2D eigenvalue weighted by atomic mass is 10.0. The van der Waals surface area contributed by atoms with Gasteiger partial charge in [0.1, 0.15) is 0 Å². The van der Waals surface area contributed by atoms with Gasteiger partial charge in [-0.25, -0.2) is 0 Å². The third-order valence-corrected chi connectivity index (χ3v) is 4.64. The highest BCUT2D eigenvalue weighted by molar-refractivity contribution is 9.10. The summed E-state index contributed by atoms with van der Waals surface area (Å²) in [5, 5.41) is 0. The number of benzene rings is 2. The Morgan fingerprint density at radius 3 is 2.40 bits per heavy atom. The van der Waals surface area contributed by atoms with Crippen LogP contribution in [0.1, 0.15) is 22.7 Å². The zero-order valence-corrected chi connectivity index (χ0v) is 13.8.